The van der Waals surface area contributed by atoms with Crippen LogP contribution in [0.2, 0.25) is 0 Å². The van der Waals surface area contributed by atoms with E-state index in [4.69, 9.17) is 4.42 Å². The van der Waals surface area contributed by atoms with Crippen LogP contribution in [0.3, 0.4) is 0 Å². The summed E-state index contributed by atoms with van der Waals surface area (Å²) in [5.41, 5.74) is 0. The first-order valence-electron chi connectivity index (χ1n) is 9.10. The lowest BCUT2D eigenvalue weighted by molar-refractivity contribution is -0.183. The number of furan rings is 1. The van der Waals surface area contributed by atoms with Crippen molar-refractivity contribution in [2.45, 2.75) is 44.3 Å². The highest BCUT2D eigenvalue weighted by atomic mass is 19.4. The summed E-state index contributed by atoms with van der Waals surface area (Å²) < 4.78 is 44.3. The highest BCUT2D eigenvalue weighted by Gasteiger charge is 2.42. The molecule has 0 spiro atoms. The molecule has 9 heteroatoms. The lowest BCUT2D eigenvalue weighted by Crippen LogP contribution is -2.47. The van der Waals surface area contributed by atoms with Gasteiger partial charge in [0.2, 0.25) is 5.91 Å². The van der Waals surface area contributed by atoms with Gasteiger partial charge in [-0.25, -0.2) is 4.99 Å². The van der Waals surface area contributed by atoms with E-state index in [1.807, 2.05) is 6.07 Å². The van der Waals surface area contributed by atoms with Gasteiger partial charge in [0.1, 0.15) is 12.3 Å². The molecule has 1 saturated carbocycles. The molecule has 0 bridgehead atoms. The topological polar surface area (TPSA) is 69.9 Å². The van der Waals surface area contributed by atoms with Gasteiger partial charge in [0.15, 0.2) is 5.96 Å². The largest absolute Gasteiger partial charge is 0.469 e. The number of amides is 1. The Labute approximate surface area is 157 Å². The molecule has 1 heterocycles. The third-order valence-corrected chi connectivity index (χ3v) is 4.59. The van der Waals surface area contributed by atoms with Crippen LogP contribution < -0.4 is 10.6 Å². The van der Waals surface area contributed by atoms with Gasteiger partial charge in [-0.05, 0) is 31.4 Å². The Hall–Kier alpha value is -2.19. The fourth-order valence-corrected chi connectivity index (χ4v) is 3.01. The number of aliphatic imine (C=N–C) groups is 1. The number of carbonyl (C=O) groups excluding carboxylic acids is 1. The predicted octanol–water partition coefficient (Wildman–Crippen LogP) is 2.57. The zero-order valence-corrected chi connectivity index (χ0v) is 15.7. The number of rotatable bonds is 6. The monoisotopic (exact) mass is 388 g/mol. The number of hydrogen-bond donors (Lipinski definition) is 2. The molecule has 1 amide bonds. The van der Waals surface area contributed by atoms with Crippen molar-refractivity contribution < 1.29 is 22.4 Å². The summed E-state index contributed by atoms with van der Waals surface area (Å²) >= 11 is 0. The number of nitrogens with one attached hydrogen (secondary N) is 2. The Balaban J connectivity index is 1.95. The highest BCUT2D eigenvalue weighted by Crippen LogP contribution is 2.37. The fraction of sp³-hybridized carbons (Fsp3) is 0.667. The number of halogens is 3. The summed E-state index contributed by atoms with van der Waals surface area (Å²) in [6.07, 6.45) is -0.650. The summed E-state index contributed by atoms with van der Waals surface area (Å²) in [7, 11) is 3.26. The van der Waals surface area contributed by atoms with Crippen molar-refractivity contribution in [1.29, 1.82) is 0 Å². The Morgan fingerprint density at radius 2 is 2.15 bits per heavy atom. The molecule has 1 aliphatic carbocycles. The minimum Gasteiger partial charge on any atom is -0.469 e. The Bertz CT molecular complexity index is 615. The maximum absolute atomic E-state index is 13.0. The molecule has 0 saturated heterocycles. The molecule has 0 radical (unpaired) electrons. The summed E-state index contributed by atoms with van der Waals surface area (Å²) in [5, 5.41) is 6.15. The van der Waals surface area contributed by atoms with E-state index in [9.17, 15) is 18.0 Å². The van der Waals surface area contributed by atoms with E-state index in [1.165, 1.54) is 4.90 Å². The van der Waals surface area contributed by atoms with Crippen molar-refractivity contribution in [3.8, 4) is 0 Å². The van der Waals surface area contributed by atoms with Crippen LogP contribution in [0.25, 0.3) is 0 Å². The van der Waals surface area contributed by atoms with Gasteiger partial charge in [0.25, 0.3) is 0 Å². The van der Waals surface area contributed by atoms with Crippen LogP contribution >= 0.6 is 0 Å². The molecular formula is C18H27F3N4O2. The van der Waals surface area contributed by atoms with Crippen LogP contribution in [0.4, 0.5) is 13.2 Å². The smallest absolute Gasteiger partial charge is 0.391 e. The van der Waals surface area contributed by atoms with Crippen LogP contribution in [0, 0.1) is 5.92 Å². The summed E-state index contributed by atoms with van der Waals surface area (Å²) in [4.78, 5) is 17.4. The molecule has 0 aliphatic heterocycles. The van der Waals surface area contributed by atoms with E-state index >= 15 is 0 Å². The van der Waals surface area contributed by atoms with E-state index in [-0.39, 0.29) is 31.3 Å². The number of hydrogen-bond acceptors (Lipinski definition) is 3. The molecule has 2 rings (SSSR count). The van der Waals surface area contributed by atoms with Gasteiger partial charge >= 0.3 is 6.18 Å². The Kier molecular flexibility index (Phi) is 7.55. The molecule has 1 aliphatic rings. The normalized spacial score (nSPS) is 21.0. The van der Waals surface area contributed by atoms with Gasteiger partial charge in [0, 0.05) is 33.1 Å². The molecule has 2 unspecified atom stereocenters. The average Bonchev–Trinajstić information content (AvgIpc) is 3.12. The minimum atomic E-state index is -4.18. The SMILES string of the molecule is CN(C)C(=O)CN=C(NCCc1ccco1)NC1CCCC(C(F)(F)F)C1. The fourth-order valence-electron chi connectivity index (χ4n) is 3.01. The maximum atomic E-state index is 13.0. The molecule has 2 N–H and O–H groups in total. The number of guanidine groups is 1. The molecule has 1 aromatic heterocycles. The predicted molar refractivity (Wildman–Crippen MR) is 96.3 cm³/mol. The molecule has 1 aromatic rings. The van der Waals surface area contributed by atoms with Crippen molar-refractivity contribution in [3.63, 3.8) is 0 Å². The Morgan fingerprint density at radius 3 is 2.78 bits per heavy atom. The van der Waals surface area contributed by atoms with Crippen LogP contribution in [0.1, 0.15) is 31.4 Å². The summed E-state index contributed by atoms with van der Waals surface area (Å²) in [6, 6.07) is 3.31. The van der Waals surface area contributed by atoms with Crippen molar-refractivity contribution in [2.24, 2.45) is 10.9 Å². The summed E-state index contributed by atoms with van der Waals surface area (Å²) in [6.45, 7) is 0.420. The standard InChI is InChI=1S/C18H27F3N4O2/c1-25(2)16(26)12-23-17(22-9-8-15-7-4-10-27-15)24-14-6-3-5-13(11-14)18(19,20)21/h4,7,10,13-14H,3,5-6,8-9,11-12H2,1-2H3,(H2,22,23,24). The second-order valence-electron chi connectivity index (χ2n) is 6.96. The molecule has 152 valence electrons. The molecular weight excluding hydrogens is 361 g/mol. The van der Waals surface area contributed by atoms with Crippen molar-refractivity contribution in [3.05, 3.63) is 24.2 Å². The van der Waals surface area contributed by atoms with Gasteiger partial charge in [-0.15, -0.1) is 0 Å². The molecule has 2 atom stereocenters. The lowest BCUT2D eigenvalue weighted by Gasteiger charge is -2.32. The first-order valence-corrected chi connectivity index (χ1v) is 9.10. The van der Waals surface area contributed by atoms with Gasteiger partial charge in [-0.1, -0.05) is 6.42 Å². The molecule has 0 aromatic carbocycles. The number of likely N-dealkylation sites (N-methyl/N-ethyl adjacent to an activating group) is 1. The molecule has 6 nitrogen and oxygen atoms in total. The Morgan fingerprint density at radius 1 is 1.37 bits per heavy atom. The van der Waals surface area contributed by atoms with Crippen molar-refractivity contribution in [1.82, 2.24) is 15.5 Å². The maximum Gasteiger partial charge on any atom is 0.391 e. The molecule has 1 fully saturated rings. The van der Waals surface area contributed by atoms with Gasteiger partial charge in [0.05, 0.1) is 12.2 Å². The zero-order valence-electron chi connectivity index (χ0n) is 15.7. The lowest BCUT2D eigenvalue weighted by atomic mass is 9.85. The van der Waals surface area contributed by atoms with E-state index in [2.05, 4.69) is 15.6 Å². The van der Waals surface area contributed by atoms with Crippen LogP contribution in [-0.4, -0.2) is 56.2 Å². The third-order valence-electron chi connectivity index (χ3n) is 4.59. The van der Waals surface area contributed by atoms with E-state index in [0.717, 1.165) is 5.76 Å². The first-order chi connectivity index (χ1) is 12.8. The summed E-state index contributed by atoms with van der Waals surface area (Å²) in [5.74, 6) is -0.332. The zero-order chi connectivity index (χ0) is 19.9. The number of carbonyl (C=O) groups is 1. The number of nitrogens with zero attached hydrogens (tertiary/aromatic N) is 2. The van der Waals surface area contributed by atoms with E-state index in [0.29, 0.717) is 31.8 Å². The third kappa shape index (κ3) is 7.15. The van der Waals surface area contributed by atoms with Crippen LogP contribution in [0.5, 0.6) is 0 Å². The van der Waals surface area contributed by atoms with Crippen LogP contribution in [0.15, 0.2) is 27.8 Å². The van der Waals surface area contributed by atoms with Gasteiger partial charge in [-0.3, -0.25) is 4.79 Å². The van der Waals surface area contributed by atoms with E-state index in [1.54, 1.807) is 26.4 Å². The van der Waals surface area contributed by atoms with Crippen molar-refractivity contribution >= 4 is 11.9 Å². The second-order valence-corrected chi connectivity index (χ2v) is 6.96. The average molecular weight is 388 g/mol. The van der Waals surface area contributed by atoms with Crippen molar-refractivity contribution in [2.75, 3.05) is 27.2 Å². The highest BCUT2D eigenvalue weighted by molar-refractivity contribution is 5.84. The van der Waals surface area contributed by atoms with Gasteiger partial charge in [-0.2, -0.15) is 13.2 Å². The van der Waals surface area contributed by atoms with Crippen LogP contribution in [-0.2, 0) is 11.2 Å². The first kappa shape index (κ1) is 21.1. The number of alkyl halides is 3. The minimum absolute atomic E-state index is 0.0179. The quantitative estimate of drug-likeness (QED) is 0.581. The molecule has 27 heavy (non-hydrogen) atoms. The second kappa shape index (κ2) is 9.66. The van der Waals surface area contributed by atoms with E-state index < -0.39 is 12.1 Å². The van der Waals surface area contributed by atoms with Gasteiger partial charge < -0.3 is 20.0 Å².